The van der Waals surface area contributed by atoms with E-state index in [0.29, 0.717) is 17.9 Å². The molecule has 0 saturated carbocycles. The molecule has 2 aromatic rings. The summed E-state index contributed by atoms with van der Waals surface area (Å²) in [4.78, 5) is 0.377. The SMILES string of the molecule is COc1ccc2c(c1OC)[C@@]13C=CCC[C@H]1[C@@H](C2)N(S(=O)(=O)c1ccccc1)CC3. The lowest BCUT2D eigenvalue weighted by Crippen LogP contribution is -2.61. The molecule has 0 spiro atoms. The molecule has 3 aliphatic rings. The minimum absolute atomic E-state index is 0.0560. The third-order valence-corrected chi connectivity index (χ3v) is 9.12. The number of ether oxygens (including phenoxy) is 2. The molecule has 0 amide bonds. The Morgan fingerprint density at radius 2 is 1.87 bits per heavy atom. The molecule has 5 rings (SSSR count). The van der Waals surface area contributed by atoms with E-state index in [2.05, 4.69) is 18.2 Å². The Balaban J connectivity index is 1.67. The van der Waals surface area contributed by atoms with Crippen molar-refractivity contribution in [1.29, 1.82) is 0 Å². The molecule has 1 saturated heterocycles. The first-order valence-corrected chi connectivity index (χ1v) is 12.0. The Morgan fingerprint density at radius 1 is 1.07 bits per heavy atom. The maximum absolute atomic E-state index is 13.6. The van der Waals surface area contributed by atoms with Gasteiger partial charge in [-0.2, -0.15) is 4.31 Å². The lowest BCUT2D eigenvalue weighted by atomic mass is 9.55. The van der Waals surface area contributed by atoms with Crippen molar-refractivity contribution in [2.24, 2.45) is 5.92 Å². The van der Waals surface area contributed by atoms with Gasteiger partial charge >= 0.3 is 0 Å². The lowest BCUT2D eigenvalue weighted by molar-refractivity contribution is 0.0805. The van der Waals surface area contributed by atoms with Crippen molar-refractivity contribution in [2.75, 3.05) is 20.8 Å². The van der Waals surface area contributed by atoms with Gasteiger partial charge in [-0.25, -0.2) is 8.42 Å². The first kappa shape index (κ1) is 19.6. The zero-order valence-corrected chi connectivity index (χ0v) is 18.2. The Labute approximate surface area is 178 Å². The number of hydrogen-bond acceptors (Lipinski definition) is 4. The number of fused-ring (bicyclic) bond motifs is 1. The van der Waals surface area contributed by atoms with Crippen molar-refractivity contribution >= 4 is 10.0 Å². The fraction of sp³-hybridized carbons (Fsp3) is 0.417. The minimum Gasteiger partial charge on any atom is -0.493 e. The monoisotopic (exact) mass is 425 g/mol. The van der Waals surface area contributed by atoms with Gasteiger partial charge in [-0.1, -0.05) is 36.4 Å². The van der Waals surface area contributed by atoms with Gasteiger partial charge in [-0.15, -0.1) is 0 Å². The van der Waals surface area contributed by atoms with Gasteiger partial charge in [0.25, 0.3) is 0 Å². The third kappa shape index (κ3) is 2.66. The second kappa shape index (κ2) is 7.13. The van der Waals surface area contributed by atoms with Gasteiger partial charge < -0.3 is 9.47 Å². The molecule has 1 fully saturated rings. The molecule has 2 aromatic carbocycles. The fourth-order valence-corrected chi connectivity index (χ4v) is 7.64. The Bertz CT molecular complexity index is 1100. The second-order valence-corrected chi connectivity index (χ2v) is 10.3. The van der Waals surface area contributed by atoms with Crippen LogP contribution in [0.4, 0.5) is 0 Å². The summed E-state index contributed by atoms with van der Waals surface area (Å²) in [5, 5.41) is 0. The summed E-state index contributed by atoms with van der Waals surface area (Å²) in [7, 11) is -0.189. The summed E-state index contributed by atoms with van der Waals surface area (Å²) < 4.78 is 40.3. The maximum atomic E-state index is 13.6. The van der Waals surface area contributed by atoms with Gasteiger partial charge in [0, 0.05) is 23.6 Å². The van der Waals surface area contributed by atoms with Crippen molar-refractivity contribution in [2.45, 2.75) is 42.0 Å². The molecule has 0 unspecified atom stereocenters. The maximum Gasteiger partial charge on any atom is 0.243 e. The molecule has 3 atom stereocenters. The third-order valence-electron chi connectivity index (χ3n) is 7.18. The summed E-state index contributed by atoms with van der Waals surface area (Å²) in [6.07, 6.45) is 7.96. The van der Waals surface area contributed by atoms with Crippen molar-refractivity contribution in [3.63, 3.8) is 0 Å². The number of hydrogen-bond donors (Lipinski definition) is 0. The van der Waals surface area contributed by atoms with Gasteiger partial charge in [0.05, 0.1) is 19.1 Å². The van der Waals surface area contributed by atoms with E-state index in [9.17, 15) is 8.42 Å². The highest BCUT2D eigenvalue weighted by molar-refractivity contribution is 7.89. The van der Waals surface area contributed by atoms with Crippen LogP contribution in [0.15, 0.2) is 59.5 Å². The Morgan fingerprint density at radius 3 is 2.60 bits per heavy atom. The minimum atomic E-state index is -3.54. The number of sulfonamides is 1. The van der Waals surface area contributed by atoms with Crippen LogP contribution in [0, 0.1) is 5.92 Å². The van der Waals surface area contributed by atoms with Crippen LogP contribution in [0.2, 0.25) is 0 Å². The van der Waals surface area contributed by atoms with E-state index in [4.69, 9.17) is 9.47 Å². The van der Waals surface area contributed by atoms with E-state index in [1.54, 1.807) is 42.8 Å². The summed E-state index contributed by atoms with van der Waals surface area (Å²) in [5.74, 6) is 1.76. The predicted octanol–water partition coefficient (Wildman–Crippen LogP) is 3.93. The van der Waals surface area contributed by atoms with Crippen molar-refractivity contribution < 1.29 is 17.9 Å². The molecule has 30 heavy (non-hydrogen) atoms. The van der Waals surface area contributed by atoms with E-state index >= 15 is 0 Å². The van der Waals surface area contributed by atoms with Gasteiger partial charge in [0.2, 0.25) is 10.0 Å². The number of nitrogens with zero attached hydrogens (tertiary/aromatic N) is 1. The van der Waals surface area contributed by atoms with E-state index in [0.717, 1.165) is 36.3 Å². The van der Waals surface area contributed by atoms with E-state index in [1.807, 2.05) is 12.1 Å². The zero-order chi connectivity index (χ0) is 20.9. The summed E-state index contributed by atoms with van der Waals surface area (Å²) in [6.45, 7) is 0.503. The van der Waals surface area contributed by atoms with Crippen LogP contribution < -0.4 is 9.47 Å². The van der Waals surface area contributed by atoms with E-state index < -0.39 is 10.0 Å². The average molecular weight is 426 g/mol. The van der Waals surface area contributed by atoms with Crippen LogP contribution in [0.3, 0.4) is 0 Å². The van der Waals surface area contributed by atoms with Gasteiger partial charge in [0.1, 0.15) is 0 Å². The van der Waals surface area contributed by atoms with Crippen LogP contribution in [0.25, 0.3) is 0 Å². The highest BCUT2D eigenvalue weighted by atomic mass is 32.2. The molecule has 1 aliphatic heterocycles. The summed E-state index contributed by atoms with van der Waals surface area (Å²) >= 11 is 0. The molecule has 0 aromatic heterocycles. The van der Waals surface area contributed by atoms with Crippen molar-refractivity contribution in [3.8, 4) is 11.5 Å². The summed E-state index contributed by atoms with van der Waals surface area (Å²) in [6, 6.07) is 12.8. The topological polar surface area (TPSA) is 55.8 Å². The molecule has 2 bridgehead atoms. The Kier molecular flexibility index (Phi) is 4.67. The van der Waals surface area contributed by atoms with Gasteiger partial charge in [-0.05, 0) is 55.4 Å². The first-order chi connectivity index (χ1) is 14.5. The van der Waals surface area contributed by atoms with E-state index in [1.165, 1.54) is 5.56 Å². The number of piperidine rings is 1. The van der Waals surface area contributed by atoms with Crippen molar-refractivity contribution in [3.05, 3.63) is 65.7 Å². The molecule has 6 heteroatoms. The number of methoxy groups -OCH3 is 2. The van der Waals surface area contributed by atoms with Crippen LogP contribution in [0.5, 0.6) is 11.5 Å². The molecule has 0 N–H and O–H groups in total. The molecule has 0 radical (unpaired) electrons. The predicted molar refractivity (Wildman–Crippen MR) is 116 cm³/mol. The average Bonchev–Trinajstić information content (AvgIpc) is 2.78. The first-order valence-electron chi connectivity index (χ1n) is 10.5. The molecule has 5 nitrogen and oxygen atoms in total. The highest BCUT2D eigenvalue weighted by Crippen LogP contribution is 2.58. The van der Waals surface area contributed by atoms with Crippen molar-refractivity contribution in [1.82, 2.24) is 4.31 Å². The molecule has 158 valence electrons. The van der Waals surface area contributed by atoms with Gasteiger partial charge in [-0.3, -0.25) is 0 Å². The lowest BCUT2D eigenvalue weighted by Gasteiger charge is -2.56. The van der Waals surface area contributed by atoms with Gasteiger partial charge in [0.15, 0.2) is 11.5 Å². The van der Waals surface area contributed by atoms with Crippen LogP contribution in [0.1, 0.15) is 30.4 Å². The molecule has 1 heterocycles. The van der Waals surface area contributed by atoms with Crippen LogP contribution in [-0.4, -0.2) is 39.5 Å². The standard InChI is InChI=1S/C24H27NO4S/c1-28-21-12-11-17-16-20-19-10-6-7-13-24(19,22(17)23(21)29-2)14-15-25(20)30(26,27)18-8-4-3-5-9-18/h3-5,7-9,11-13,19-20H,6,10,14-16H2,1-2H3/t19-,20+,24+/m0/s1. The summed E-state index contributed by atoms with van der Waals surface area (Å²) in [5.41, 5.74) is 2.14. The number of rotatable bonds is 4. The molecular formula is C24H27NO4S. The second-order valence-electron chi connectivity index (χ2n) is 8.41. The van der Waals surface area contributed by atoms with Crippen LogP contribution in [-0.2, 0) is 21.9 Å². The zero-order valence-electron chi connectivity index (χ0n) is 17.4. The smallest absolute Gasteiger partial charge is 0.243 e. The Hall–Kier alpha value is -2.31. The van der Waals surface area contributed by atoms with Crippen LogP contribution >= 0.6 is 0 Å². The largest absolute Gasteiger partial charge is 0.493 e. The number of benzene rings is 2. The molecule has 2 aliphatic carbocycles. The normalized spacial score (nSPS) is 27.8. The quantitative estimate of drug-likeness (QED) is 0.697. The van der Waals surface area contributed by atoms with E-state index in [-0.39, 0.29) is 17.4 Å². The molecular weight excluding hydrogens is 398 g/mol. The number of allylic oxidation sites excluding steroid dienone is 2. The fourth-order valence-electron chi connectivity index (χ4n) is 5.95. The highest BCUT2D eigenvalue weighted by Gasteiger charge is 2.56.